The lowest BCUT2D eigenvalue weighted by molar-refractivity contribution is 0.0694. The lowest BCUT2D eigenvalue weighted by atomic mass is 10.0. The highest BCUT2D eigenvalue weighted by molar-refractivity contribution is 6.30. The summed E-state index contributed by atoms with van der Waals surface area (Å²) >= 11 is 5.98. The van der Waals surface area contributed by atoms with Crippen molar-refractivity contribution in [2.45, 2.75) is 19.5 Å². The van der Waals surface area contributed by atoms with Crippen LogP contribution in [-0.4, -0.2) is 21.2 Å². The van der Waals surface area contributed by atoms with E-state index in [9.17, 15) is 9.90 Å². The van der Waals surface area contributed by atoms with Crippen LogP contribution in [0.4, 0.5) is 0 Å². The number of carboxylic acid groups (broad SMARTS) is 1. The Morgan fingerprint density at radius 3 is 2.70 bits per heavy atom. The quantitative estimate of drug-likeness (QED) is 0.585. The van der Waals surface area contributed by atoms with E-state index >= 15 is 0 Å². The highest BCUT2D eigenvalue weighted by Gasteiger charge is 2.27. The molecular weight excluding hydrogens is 413 g/mol. The summed E-state index contributed by atoms with van der Waals surface area (Å²) in [5, 5.41) is 17.4. The van der Waals surface area contributed by atoms with Gasteiger partial charge >= 0.3 is 5.97 Å². The maximum absolute atomic E-state index is 11.7. The molecule has 0 saturated carbocycles. The minimum Gasteiger partial charge on any atom is -0.477 e. The zero-order valence-electron chi connectivity index (χ0n) is 14.3. The van der Waals surface area contributed by atoms with E-state index in [2.05, 4.69) is 15.5 Å². The maximum Gasteiger partial charge on any atom is 0.341 e. The van der Waals surface area contributed by atoms with E-state index in [0.29, 0.717) is 17.1 Å². The number of nitrogens with one attached hydrogen (secondary N) is 1. The van der Waals surface area contributed by atoms with Crippen molar-refractivity contribution in [2.24, 2.45) is 0 Å². The Hall–Kier alpha value is -2.12. The number of aromatic nitrogens is 2. The van der Waals surface area contributed by atoms with Gasteiger partial charge in [0.25, 0.3) is 0 Å². The predicted octanol–water partition coefficient (Wildman–Crippen LogP) is 4.78. The zero-order chi connectivity index (χ0) is 17.8. The van der Waals surface area contributed by atoms with E-state index in [-0.39, 0.29) is 47.9 Å². The van der Waals surface area contributed by atoms with Gasteiger partial charge in [-0.05, 0) is 36.8 Å². The van der Waals surface area contributed by atoms with Gasteiger partial charge in [0.05, 0.1) is 6.04 Å². The van der Waals surface area contributed by atoms with Gasteiger partial charge in [0, 0.05) is 29.5 Å². The fraction of sp³-hybridized carbons (Fsp3) is 0.167. The molecule has 6 nitrogen and oxygen atoms in total. The van der Waals surface area contributed by atoms with Crippen molar-refractivity contribution in [2.75, 3.05) is 0 Å². The van der Waals surface area contributed by atoms with E-state index in [4.69, 9.17) is 16.1 Å². The first-order valence-corrected chi connectivity index (χ1v) is 8.05. The zero-order valence-corrected chi connectivity index (χ0v) is 16.6. The number of carbonyl (C=O) groups is 1. The van der Waals surface area contributed by atoms with Gasteiger partial charge in [-0.3, -0.25) is 4.98 Å². The topological polar surface area (TPSA) is 88.3 Å². The summed E-state index contributed by atoms with van der Waals surface area (Å²) in [6.45, 7) is 2.34. The molecule has 0 fully saturated rings. The van der Waals surface area contributed by atoms with Crippen LogP contribution >= 0.6 is 36.4 Å². The van der Waals surface area contributed by atoms with Crippen LogP contribution in [0.1, 0.15) is 34.6 Å². The molecule has 0 aliphatic heterocycles. The molecule has 3 rings (SSSR count). The summed E-state index contributed by atoms with van der Waals surface area (Å²) in [5.41, 5.74) is 1.89. The molecule has 9 heteroatoms. The molecule has 0 bridgehead atoms. The summed E-state index contributed by atoms with van der Waals surface area (Å²) < 4.78 is 5.34. The van der Waals surface area contributed by atoms with Crippen LogP contribution in [0, 0.1) is 0 Å². The van der Waals surface area contributed by atoms with E-state index in [1.807, 2.05) is 25.1 Å². The highest BCUT2D eigenvalue weighted by Crippen LogP contribution is 2.29. The monoisotopic (exact) mass is 429 g/mol. The largest absolute Gasteiger partial charge is 0.477 e. The Balaban J connectivity index is 0.00000182. The summed E-state index contributed by atoms with van der Waals surface area (Å²) in [6, 6.07) is 10.6. The first-order valence-electron chi connectivity index (χ1n) is 7.67. The Labute approximate surface area is 173 Å². The third kappa shape index (κ3) is 5.43. The fourth-order valence-corrected chi connectivity index (χ4v) is 2.73. The van der Waals surface area contributed by atoms with Crippen molar-refractivity contribution in [3.05, 3.63) is 70.7 Å². The van der Waals surface area contributed by atoms with Gasteiger partial charge in [-0.2, -0.15) is 0 Å². The van der Waals surface area contributed by atoms with E-state index in [1.165, 1.54) is 0 Å². The Morgan fingerprint density at radius 2 is 2.07 bits per heavy atom. The van der Waals surface area contributed by atoms with Crippen LogP contribution in [0.3, 0.4) is 0 Å². The molecule has 144 valence electrons. The van der Waals surface area contributed by atoms with Crippen molar-refractivity contribution < 1.29 is 14.4 Å². The Morgan fingerprint density at radius 1 is 1.30 bits per heavy atom. The molecule has 27 heavy (non-hydrogen) atoms. The molecule has 0 amide bonds. The van der Waals surface area contributed by atoms with Crippen LogP contribution < -0.4 is 5.32 Å². The molecule has 1 aromatic carbocycles. The molecule has 0 saturated heterocycles. The molecule has 0 aliphatic carbocycles. The number of hydrogen-bond acceptors (Lipinski definition) is 5. The number of halogens is 3. The molecule has 0 spiro atoms. The average Bonchev–Trinajstić information content (AvgIpc) is 3.06. The molecule has 0 radical (unpaired) electrons. The predicted molar refractivity (Wildman–Crippen MR) is 108 cm³/mol. The average molecular weight is 431 g/mol. The summed E-state index contributed by atoms with van der Waals surface area (Å²) in [5.74, 6) is -0.820. The molecule has 0 aliphatic rings. The molecular formula is C18H18Cl3N3O3. The number of hydrogen-bond donors (Lipinski definition) is 2. The normalized spacial score (nSPS) is 11.2. The Kier molecular flexibility index (Phi) is 8.72. The highest BCUT2D eigenvalue weighted by atomic mass is 35.5. The third-order valence-corrected chi connectivity index (χ3v) is 4.00. The van der Waals surface area contributed by atoms with E-state index in [1.54, 1.807) is 30.6 Å². The smallest absolute Gasteiger partial charge is 0.341 e. The van der Waals surface area contributed by atoms with Gasteiger partial charge in [0.15, 0.2) is 5.76 Å². The van der Waals surface area contributed by atoms with Gasteiger partial charge in [0.2, 0.25) is 0 Å². The van der Waals surface area contributed by atoms with Crippen molar-refractivity contribution >= 4 is 42.4 Å². The van der Waals surface area contributed by atoms with Crippen LogP contribution in [0.15, 0.2) is 53.3 Å². The second-order valence-electron chi connectivity index (χ2n) is 5.55. The molecule has 0 unspecified atom stereocenters. The second-order valence-corrected chi connectivity index (χ2v) is 5.99. The minimum absolute atomic E-state index is 0. The Bertz CT molecular complexity index is 888. The van der Waals surface area contributed by atoms with Crippen molar-refractivity contribution in [3.63, 3.8) is 0 Å². The van der Waals surface area contributed by atoms with Crippen LogP contribution in [0.2, 0.25) is 5.02 Å². The standard InChI is InChI=1S/C18H16ClN3O3.2ClH/c1-11(21-9-12-4-2-6-14(19)8-12)17-15(18(23)24)16(22-25-17)13-5-3-7-20-10-13;;/h2-8,10-11,21H,9H2,1H3,(H,23,24);2*1H/t11-;;/m1../s1. The van der Waals surface area contributed by atoms with Crippen LogP contribution in [0.25, 0.3) is 11.3 Å². The molecule has 1 atom stereocenters. The van der Waals surface area contributed by atoms with Crippen LogP contribution in [0.5, 0.6) is 0 Å². The number of carboxylic acids is 1. The third-order valence-electron chi connectivity index (χ3n) is 3.76. The van der Waals surface area contributed by atoms with Gasteiger partial charge in [0.1, 0.15) is 11.3 Å². The van der Waals surface area contributed by atoms with Gasteiger partial charge in [-0.1, -0.05) is 28.9 Å². The minimum atomic E-state index is -1.09. The lowest BCUT2D eigenvalue weighted by Gasteiger charge is -2.12. The second kappa shape index (κ2) is 10.3. The number of nitrogens with zero attached hydrogens (tertiary/aromatic N) is 2. The first kappa shape index (κ1) is 22.9. The van der Waals surface area contributed by atoms with Crippen molar-refractivity contribution in [3.8, 4) is 11.3 Å². The number of rotatable bonds is 6. The van der Waals surface area contributed by atoms with Crippen LogP contribution in [-0.2, 0) is 6.54 Å². The van der Waals surface area contributed by atoms with E-state index < -0.39 is 5.97 Å². The fourth-order valence-electron chi connectivity index (χ4n) is 2.52. The van der Waals surface area contributed by atoms with Crippen molar-refractivity contribution in [1.29, 1.82) is 0 Å². The lowest BCUT2D eigenvalue weighted by Crippen LogP contribution is -2.19. The summed E-state index contributed by atoms with van der Waals surface area (Å²) in [7, 11) is 0. The summed E-state index contributed by atoms with van der Waals surface area (Å²) in [4.78, 5) is 15.7. The number of benzene rings is 1. The molecule has 2 N–H and O–H groups in total. The number of pyridine rings is 1. The van der Waals surface area contributed by atoms with Crippen molar-refractivity contribution in [1.82, 2.24) is 15.5 Å². The summed E-state index contributed by atoms with van der Waals surface area (Å²) in [6.07, 6.45) is 3.16. The van der Waals surface area contributed by atoms with Gasteiger partial charge < -0.3 is 14.9 Å². The van der Waals surface area contributed by atoms with Gasteiger partial charge in [-0.25, -0.2) is 4.79 Å². The van der Waals surface area contributed by atoms with Gasteiger partial charge in [-0.15, -0.1) is 24.8 Å². The molecule has 3 aromatic rings. The molecule has 2 heterocycles. The van der Waals surface area contributed by atoms with E-state index in [0.717, 1.165) is 5.56 Å². The maximum atomic E-state index is 11.7. The molecule has 2 aromatic heterocycles. The first-order chi connectivity index (χ1) is 12.1. The number of aromatic carboxylic acids is 1. The SMILES string of the molecule is C[C@@H](NCc1cccc(Cl)c1)c1onc(-c2cccnc2)c1C(=O)O.Cl.Cl.